The Balaban J connectivity index is 0.998. The molecule has 1 N–H and O–H groups in total. The molecule has 0 saturated carbocycles. The van der Waals surface area contributed by atoms with Crippen LogP contribution in [-0.2, 0) is 42.9 Å². The van der Waals surface area contributed by atoms with Crippen molar-refractivity contribution in [3.05, 3.63) is 100.0 Å². The highest BCUT2D eigenvalue weighted by Crippen LogP contribution is 2.34. The van der Waals surface area contributed by atoms with Crippen LogP contribution >= 0.6 is 0 Å². The molecule has 13 nitrogen and oxygen atoms in total. The number of ketones is 1. The normalized spacial score (nSPS) is 13.5. The summed E-state index contributed by atoms with van der Waals surface area (Å²) in [6, 6.07) is 12.9. The Kier molecular flexibility index (Phi) is 17.2. The lowest BCUT2D eigenvalue weighted by atomic mass is 9.96. The zero-order valence-electron chi connectivity index (χ0n) is 33.5. The number of alkyl halides is 3. The van der Waals surface area contributed by atoms with Crippen LogP contribution in [0.25, 0.3) is 5.65 Å². The number of benzene rings is 2. The van der Waals surface area contributed by atoms with E-state index in [1.807, 2.05) is 17.9 Å². The number of nitrogens with zero attached hydrogens (tertiary/aromatic N) is 5. The van der Waals surface area contributed by atoms with Gasteiger partial charge in [-0.2, -0.15) is 18.3 Å². The Hall–Kier alpha value is -5.34. The minimum absolute atomic E-state index is 0.100. The molecule has 3 heterocycles. The van der Waals surface area contributed by atoms with Crippen molar-refractivity contribution < 1.29 is 46.5 Å². The first kappa shape index (κ1) is 44.8. The number of amides is 1. The number of hydrogen-bond donors (Lipinski definition) is 1. The maximum Gasteiger partial charge on any atom is 0.416 e. The third-order valence-electron chi connectivity index (χ3n) is 9.59. The molecule has 1 fully saturated rings. The summed E-state index contributed by atoms with van der Waals surface area (Å²) in [7, 11) is 0. The number of alkyl carbamates (subject to hydrolysis) is 1. The van der Waals surface area contributed by atoms with Gasteiger partial charge in [-0.25, -0.2) is 14.3 Å². The van der Waals surface area contributed by atoms with E-state index in [2.05, 4.69) is 32.1 Å². The number of halogens is 3. The Morgan fingerprint density at radius 2 is 1.64 bits per heavy atom. The van der Waals surface area contributed by atoms with E-state index in [4.69, 9.17) is 18.9 Å². The summed E-state index contributed by atoms with van der Waals surface area (Å²) in [6.45, 7) is 9.32. The number of rotatable bonds is 20. The summed E-state index contributed by atoms with van der Waals surface area (Å²) in [5.41, 5.74) is 2.81. The Morgan fingerprint density at radius 3 is 2.42 bits per heavy atom. The minimum Gasteiger partial charge on any atom is -0.466 e. The molecular formula is C43H51F3N6O7. The van der Waals surface area contributed by atoms with Gasteiger partial charge < -0.3 is 29.2 Å². The van der Waals surface area contributed by atoms with E-state index in [0.717, 1.165) is 18.2 Å². The van der Waals surface area contributed by atoms with E-state index in [9.17, 15) is 27.6 Å². The number of aryl methyl sites for hydroxylation is 1. The molecule has 0 bridgehead atoms. The average Bonchev–Trinajstić information content (AvgIpc) is 3.63. The smallest absolute Gasteiger partial charge is 0.416 e. The number of carbonyl (C=O) groups is 3. The van der Waals surface area contributed by atoms with Gasteiger partial charge in [0.1, 0.15) is 12.3 Å². The van der Waals surface area contributed by atoms with Crippen molar-refractivity contribution in [3.63, 3.8) is 0 Å². The van der Waals surface area contributed by atoms with Crippen LogP contribution in [0.3, 0.4) is 0 Å². The zero-order chi connectivity index (χ0) is 42.0. The first-order valence-electron chi connectivity index (χ1n) is 19.8. The van der Waals surface area contributed by atoms with Crippen molar-refractivity contribution in [1.82, 2.24) is 29.7 Å². The molecule has 2 aromatic carbocycles. The summed E-state index contributed by atoms with van der Waals surface area (Å²) in [4.78, 5) is 45.1. The number of carbonyl (C=O) groups excluding carboxylic acids is 3. The molecule has 1 saturated heterocycles. The van der Waals surface area contributed by atoms with Gasteiger partial charge in [-0.3, -0.25) is 14.5 Å². The molecular weight excluding hydrogens is 770 g/mol. The first-order chi connectivity index (χ1) is 28.5. The molecule has 16 heteroatoms. The fourth-order valence-corrected chi connectivity index (χ4v) is 6.42. The monoisotopic (exact) mass is 820 g/mol. The number of Topliss-reactive ketones (excluding diaryl/α,β-unsaturated/α-hetero) is 1. The number of nitrogens with one attached hydrogen (secondary N) is 1. The molecule has 1 aliphatic rings. The van der Waals surface area contributed by atoms with Crippen LogP contribution in [0, 0.1) is 18.8 Å². The lowest BCUT2D eigenvalue weighted by Gasteiger charge is -2.35. The number of piperazine rings is 1. The Morgan fingerprint density at radius 1 is 0.881 bits per heavy atom. The molecule has 1 amide bonds. The van der Waals surface area contributed by atoms with Crippen LogP contribution in [0.4, 0.5) is 18.0 Å². The number of fused-ring (bicyclic) bond motifs is 1. The van der Waals surface area contributed by atoms with Gasteiger partial charge in [-0.15, -0.1) is 0 Å². The van der Waals surface area contributed by atoms with Gasteiger partial charge in [0.15, 0.2) is 11.4 Å². The first-order valence-corrected chi connectivity index (χ1v) is 19.8. The summed E-state index contributed by atoms with van der Waals surface area (Å²) in [5.74, 6) is 5.59. The third-order valence-corrected chi connectivity index (χ3v) is 9.59. The van der Waals surface area contributed by atoms with Crippen LogP contribution in [0.2, 0.25) is 0 Å². The quantitative estimate of drug-likeness (QED) is 0.0525. The maximum atomic E-state index is 14.3. The van der Waals surface area contributed by atoms with Crippen molar-refractivity contribution in [2.45, 2.75) is 52.3 Å². The van der Waals surface area contributed by atoms with Crippen molar-refractivity contribution in [2.75, 3.05) is 78.9 Å². The van der Waals surface area contributed by atoms with Crippen LogP contribution in [0.15, 0.2) is 60.9 Å². The SMILES string of the molecule is CCOC(=O)CCCOCCOCCOC(=O)NCCCN1CCN(Cc2ccc(CC(=O)c3ccc(C)c(C#Cc4cnc5cccnn45)c3)cc2C(F)(F)F)CC1. The molecule has 0 spiro atoms. The van der Waals surface area contributed by atoms with E-state index < -0.39 is 17.8 Å². The fraction of sp³-hybridized carbons (Fsp3) is 0.465. The van der Waals surface area contributed by atoms with E-state index in [0.29, 0.717) is 101 Å². The van der Waals surface area contributed by atoms with Gasteiger partial charge in [-0.05, 0) is 80.1 Å². The van der Waals surface area contributed by atoms with Gasteiger partial charge >= 0.3 is 18.2 Å². The van der Waals surface area contributed by atoms with E-state index in [-0.39, 0.29) is 49.1 Å². The highest BCUT2D eigenvalue weighted by atomic mass is 19.4. The molecule has 4 aromatic rings. The molecule has 0 atom stereocenters. The van der Waals surface area contributed by atoms with E-state index >= 15 is 0 Å². The van der Waals surface area contributed by atoms with Crippen LogP contribution in [0.1, 0.15) is 70.1 Å². The van der Waals surface area contributed by atoms with Gasteiger partial charge in [0, 0.05) is 76.0 Å². The zero-order valence-corrected chi connectivity index (χ0v) is 33.5. The number of ether oxygens (including phenoxy) is 4. The molecule has 2 aromatic heterocycles. The Bertz CT molecular complexity index is 2070. The lowest BCUT2D eigenvalue weighted by molar-refractivity contribution is -0.143. The van der Waals surface area contributed by atoms with Gasteiger partial charge in [0.25, 0.3) is 0 Å². The van der Waals surface area contributed by atoms with Gasteiger partial charge in [0.05, 0.1) is 38.2 Å². The van der Waals surface area contributed by atoms with Crippen LogP contribution in [0.5, 0.6) is 0 Å². The molecule has 0 aliphatic carbocycles. The van der Waals surface area contributed by atoms with Gasteiger partial charge in [0.2, 0.25) is 0 Å². The summed E-state index contributed by atoms with van der Waals surface area (Å²) in [5, 5.41) is 6.98. The highest BCUT2D eigenvalue weighted by molar-refractivity contribution is 5.98. The van der Waals surface area contributed by atoms with Crippen LogP contribution in [-0.4, -0.2) is 121 Å². The topological polar surface area (TPSA) is 137 Å². The standard InChI is InChI=1S/C43H51F3N6O7/c1-3-58-41(54)8-5-22-56-23-24-57-25-26-59-42(55)47-15-6-17-50-18-20-51(21-19-50)31-36-12-10-33(27-38(36)43(44,45)46)28-39(53)35-11-9-32(2)34(29-35)13-14-37-30-48-40-7-4-16-49-52(37)40/h4,7,9-12,16,27,29-30H,3,5-6,8,15,17-26,28,31H2,1-2H3,(H,47,55). The van der Waals surface area contributed by atoms with Crippen molar-refractivity contribution in [2.24, 2.45) is 0 Å². The second kappa shape index (κ2) is 22.7. The molecule has 0 radical (unpaired) electrons. The second-order valence-electron chi connectivity index (χ2n) is 14.0. The second-order valence-corrected chi connectivity index (χ2v) is 14.0. The molecule has 316 valence electrons. The highest BCUT2D eigenvalue weighted by Gasteiger charge is 2.34. The number of aromatic nitrogens is 3. The molecule has 0 unspecified atom stereocenters. The number of imidazole rings is 1. The molecule has 59 heavy (non-hydrogen) atoms. The predicted molar refractivity (Wildman–Crippen MR) is 213 cm³/mol. The number of hydrogen-bond acceptors (Lipinski definition) is 11. The average molecular weight is 821 g/mol. The maximum absolute atomic E-state index is 14.3. The van der Waals surface area contributed by atoms with Crippen molar-refractivity contribution in [1.29, 1.82) is 0 Å². The Labute approximate surface area is 342 Å². The number of esters is 1. The van der Waals surface area contributed by atoms with Gasteiger partial charge in [-0.1, -0.05) is 30.2 Å². The molecule has 1 aliphatic heterocycles. The lowest BCUT2D eigenvalue weighted by Crippen LogP contribution is -2.46. The predicted octanol–water partition coefficient (Wildman–Crippen LogP) is 5.49. The minimum atomic E-state index is -4.58. The fourth-order valence-electron chi connectivity index (χ4n) is 6.42. The van der Waals surface area contributed by atoms with Crippen molar-refractivity contribution in [3.8, 4) is 11.8 Å². The molecule has 5 rings (SSSR count). The summed E-state index contributed by atoms with van der Waals surface area (Å²) >= 11 is 0. The van der Waals surface area contributed by atoms with E-state index in [1.165, 1.54) is 6.07 Å². The largest absolute Gasteiger partial charge is 0.466 e. The summed E-state index contributed by atoms with van der Waals surface area (Å²) in [6.07, 6.45) is -0.468. The van der Waals surface area contributed by atoms with E-state index in [1.54, 1.807) is 54.2 Å². The third kappa shape index (κ3) is 14.5. The van der Waals surface area contributed by atoms with Crippen molar-refractivity contribution >= 4 is 23.5 Å². The summed E-state index contributed by atoms with van der Waals surface area (Å²) < 4.78 is 65.4. The van der Waals surface area contributed by atoms with Crippen LogP contribution < -0.4 is 5.32 Å².